The van der Waals surface area contributed by atoms with Crippen molar-refractivity contribution in [3.63, 3.8) is 0 Å². The molecule has 0 aromatic heterocycles. The van der Waals surface area contributed by atoms with Gasteiger partial charge >= 0.3 is 11.9 Å². The lowest BCUT2D eigenvalue weighted by molar-refractivity contribution is -0.157. The Morgan fingerprint density at radius 2 is 1.67 bits per heavy atom. The number of nitrogens with one attached hydrogen (secondary N) is 1. The molecule has 0 aliphatic carbocycles. The van der Waals surface area contributed by atoms with Crippen LogP contribution in [0.3, 0.4) is 0 Å². The topological polar surface area (TPSA) is 159 Å². The lowest BCUT2D eigenvalue weighted by Crippen LogP contribution is -2.53. The molecular formula is C20H34N4O6. The molecule has 30 heavy (non-hydrogen) atoms. The fraction of sp³-hybridized carbons (Fsp3) is 0.800. The van der Waals surface area contributed by atoms with Gasteiger partial charge in [-0.1, -0.05) is 5.11 Å². The van der Waals surface area contributed by atoms with Crippen LogP contribution < -0.4 is 5.32 Å². The largest absolute Gasteiger partial charge is 0.481 e. The summed E-state index contributed by atoms with van der Waals surface area (Å²) in [5, 5.41) is 15.3. The molecule has 0 saturated carbocycles. The monoisotopic (exact) mass is 426 g/mol. The third-order valence-corrected chi connectivity index (χ3v) is 4.39. The van der Waals surface area contributed by atoms with Gasteiger partial charge in [0.2, 0.25) is 5.91 Å². The minimum Gasteiger partial charge on any atom is -0.481 e. The molecule has 0 rings (SSSR count). The Bertz CT molecular complexity index is 703. The Morgan fingerprint density at radius 3 is 2.13 bits per heavy atom. The quantitative estimate of drug-likeness (QED) is 0.160. The van der Waals surface area contributed by atoms with Crippen molar-refractivity contribution in [2.45, 2.75) is 85.3 Å². The zero-order valence-corrected chi connectivity index (χ0v) is 18.9. The van der Waals surface area contributed by atoms with Crippen molar-refractivity contribution in [3.8, 4) is 0 Å². The van der Waals surface area contributed by atoms with Gasteiger partial charge in [0.1, 0.15) is 5.60 Å². The average Bonchev–Trinajstić information content (AvgIpc) is 2.54. The summed E-state index contributed by atoms with van der Waals surface area (Å²) in [5.41, 5.74) is 5.09. The van der Waals surface area contributed by atoms with Crippen molar-refractivity contribution in [2.24, 2.45) is 16.4 Å². The van der Waals surface area contributed by atoms with Gasteiger partial charge in [-0.05, 0) is 66.8 Å². The molecule has 0 heterocycles. The Labute approximate surface area is 177 Å². The first-order valence-electron chi connectivity index (χ1n) is 9.83. The number of carbonyl (C=O) groups is 4. The van der Waals surface area contributed by atoms with Gasteiger partial charge < -0.3 is 15.2 Å². The van der Waals surface area contributed by atoms with Crippen molar-refractivity contribution >= 4 is 23.6 Å². The minimum atomic E-state index is -1.32. The van der Waals surface area contributed by atoms with Crippen LogP contribution in [-0.2, 0) is 23.9 Å². The van der Waals surface area contributed by atoms with E-state index in [9.17, 15) is 24.3 Å². The molecule has 0 aromatic carbocycles. The van der Waals surface area contributed by atoms with Crippen molar-refractivity contribution < 1.29 is 29.0 Å². The summed E-state index contributed by atoms with van der Waals surface area (Å²) < 4.78 is 5.28. The number of aliphatic carboxylic acids is 1. The molecule has 2 N–H and O–H groups in total. The van der Waals surface area contributed by atoms with E-state index in [1.807, 2.05) is 0 Å². The number of carboxylic acids is 1. The number of ether oxygens (including phenoxy) is 1. The van der Waals surface area contributed by atoms with Crippen molar-refractivity contribution in [2.75, 3.05) is 6.54 Å². The number of nitrogens with zero attached hydrogens (tertiary/aromatic N) is 3. The second-order valence-electron chi connectivity index (χ2n) is 9.49. The summed E-state index contributed by atoms with van der Waals surface area (Å²) in [6.45, 7) is 11.2. The van der Waals surface area contributed by atoms with Crippen LogP contribution in [0.2, 0.25) is 0 Å². The molecule has 0 bridgehead atoms. The van der Waals surface area contributed by atoms with Crippen LogP contribution in [0.5, 0.6) is 0 Å². The van der Waals surface area contributed by atoms with E-state index in [4.69, 9.17) is 10.3 Å². The molecule has 1 amide bonds. The van der Waals surface area contributed by atoms with Crippen molar-refractivity contribution in [1.82, 2.24) is 5.32 Å². The smallest absolute Gasteiger partial charge is 0.309 e. The van der Waals surface area contributed by atoms with E-state index in [1.165, 1.54) is 27.7 Å². The highest BCUT2D eigenvalue weighted by molar-refractivity contribution is 5.95. The maximum atomic E-state index is 12.8. The third-order valence-electron chi connectivity index (χ3n) is 4.39. The molecule has 0 saturated heterocycles. The zero-order chi connectivity index (χ0) is 23.8. The van der Waals surface area contributed by atoms with Gasteiger partial charge in [-0.15, -0.1) is 0 Å². The van der Waals surface area contributed by atoms with E-state index in [0.717, 1.165) is 0 Å². The maximum Gasteiger partial charge on any atom is 0.309 e. The highest BCUT2D eigenvalue weighted by Gasteiger charge is 2.38. The Hall–Kier alpha value is -2.61. The number of Topliss-reactive ketones (excluding diaryl/α,β-unsaturated/α-hetero) is 1. The van der Waals surface area contributed by atoms with Gasteiger partial charge in [0.05, 0.1) is 17.4 Å². The van der Waals surface area contributed by atoms with Gasteiger partial charge in [-0.3, -0.25) is 19.2 Å². The average molecular weight is 427 g/mol. The summed E-state index contributed by atoms with van der Waals surface area (Å²) >= 11 is 0. The summed E-state index contributed by atoms with van der Waals surface area (Å²) in [6.07, 6.45) is 0.188. The Kier molecular flexibility index (Phi) is 10.0. The van der Waals surface area contributed by atoms with Crippen LogP contribution in [0.1, 0.15) is 74.1 Å². The van der Waals surface area contributed by atoms with E-state index in [0.29, 0.717) is 6.42 Å². The fourth-order valence-electron chi connectivity index (χ4n) is 2.54. The van der Waals surface area contributed by atoms with E-state index in [2.05, 4.69) is 15.3 Å². The highest BCUT2D eigenvalue weighted by Crippen LogP contribution is 2.25. The number of amides is 1. The van der Waals surface area contributed by atoms with E-state index in [1.54, 1.807) is 20.8 Å². The second kappa shape index (κ2) is 11.0. The first-order valence-corrected chi connectivity index (χ1v) is 9.83. The van der Waals surface area contributed by atoms with E-state index < -0.39 is 46.1 Å². The van der Waals surface area contributed by atoms with Gasteiger partial charge in [0.15, 0.2) is 5.78 Å². The lowest BCUT2D eigenvalue weighted by Gasteiger charge is -2.30. The fourth-order valence-corrected chi connectivity index (χ4v) is 2.54. The molecule has 0 aromatic rings. The molecule has 10 heteroatoms. The predicted molar refractivity (Wildman–Crippen MR) is 110 cm³/mol. The van der Waals surface area contributed by atoms with Crippen LogP contribution in [0.25, 0.3) is 10.4 Å². The maximum absolute atomic E-state index is 12.8. The van der Waals surface area contributed by atoms with Crippen LogP contribution in [0.15, 0.2) is 5.11 Å². The molecule has 0 radical (unpaired) electrons. The number of carbonyl (C=O) groups excluding carboxylic acids is 3. The zero-order valence-electron chi connectivity index (χ0n) is 18.9. The number of esters is 1. The van der Waals surface area contributed by atoms with Gasteiger partial charge in [0.25, 0.3) is 0 Å². The third kappa shape index (κ3) is 10.2. The molecule has 170 valence electrons. The first kappa shape index (κ1) is 27.4. The molecule has 0 fully saturated rings. The molecular weight excluding hydrogens is 392 g/mol. The number of hydrogen-bond donors (Lipinski definition) is 2. The summed E-state index contributed by atoms with van der Waals surface area (Å²) in [7, 11) is 0. The van der Waals surface area contributed by atoms with Crippen LogP contribution in [0, 0.1) is 11.3 Å². The van der Waals surface area contributed by atoms with E-state index in [-0.39, 0.29) is 25.8 Å². The minimum absolute atomic E-state index is 0.170. The summed E-state index contributed by atoms with van der Waals surface area (Å²) in [5.74, 6) is -3.41. The number of rotatable bonds is 12. The summed E-state index contributed by atoms with van der Waals surface area (Å²) in [4.78, 5) is 51.6. The number of azide groups is 1. The number of carboxylic acid groups (broad SMARTS) is 1. The molecule has 0 unspecified atom stereocenters. The van der Waals surface area contributed by atoms with Gasteiger partial charge in [-0.2, -0.15) is 0 Å². The number of hydrogen-bond acceptors (Lipinski definition) is 6. The van der Waals surface area contributed by atoms with Crippen LogP contribution in [0.4, 0.5) is 0 Å². The second-order valence-corrected chi connectivity index (χ2v) is 9.49. The normalized spacial score (nSPS) is 13.0. The molecule has 0 aliphatic heterocycles. The highest BCUT2D eigenvalue weighted by atomic mass is 16.6. The van der Waals surface area contributed by atoms with Crippen molar-refractivity contribution in [3.05, 3.63) is 10.4 Å². The van der Waals surface area contributed by atoms with E-state index >= 15 is 0 Å². The first-order chi connectivity index (χ1) is 13.5. The molecule has 0 spiro atoms. The Morgan fingerprint density at radius 1 is 1.10 bits per heavy atom. The summed E-state index contributed by atoms with van der Waals surface area (Å²) in [6, 6.07) is 0. The molecule has 0 aliphatic rings. The lowest BCUT2D eigenvalue weighted by atomic mass is 9.81. The number of ketones is 1. The van der Waals surface area contributed by atoms with Gasteiger partial charge in [-0.25, -0.2) is 0 Å². The van der Waals surface area contributed by atoms with Crippen LogP contribution in [-0.4, -0.2) is 46.4 Å². The van der Waals surface area contributed by atoms with Crippen LogP contribution >= 0.6 is 0 Å². The van der Waals surface area contributed by atoms with Gasteiger partial charge in [0, 0.05) is 23.8 Å². The standard InChI is InChI=1S/C20H34N4O6/c1-18(2,3)30-15(26)11-13(9-8-10-22-24-21)16(27)23-20(6,7)14(25)12-19(4,5)17(28)29/h13H,8-12H2,1-7H3,(H,23,27)(H,28,29)/t13-/m1/s1. The predicted octanol–water partition coefficient (Wildman–Crippen LogP) is 3.39. The van der Waals surface area contributed by atoms with Crippen molar-refractivity contribution in [1.29, 1.82) is 0 Å². The molecule has 1 atom stereocenters. The Balaban J connectivity index is 5.30. The SMILES string of the molecule is CC(C)(C)OC(=O)C[C@@H](CCCN=[N+]=[N-])C(=O)NC(C)(C)C(=O)CC(C)(C)C(=O)O. The molecule has 10 nitrogen and oxygen atoms in total.